The van der Waals surface area contributed by atoms with E-state index in [4.69, 9.17) is 4.74 Å². The lowest BCUT2D eigenvalue weighted by Gasteiger charge is -2.08. The molecule has 0 aliphatic heterocycles. The van der Waals surface area contributed by atoms with Gasteiger partial charge in [0, 0.05) is 23.3 Å². The molecule has 84 valence electrons. The molecule has 0 aliphatic carbocycles. The van der Waals surface area contributed by atoms with E-state index in [1.54, 1.807) is 7.11 Å². The predicted molar refractivity (Wildman–Crippen MR) is 70.8 cm³/mol. The average molecular weight is 290 g/mol. The Morgan fingerprint density at radius 2 is 2.27 bits per heavy atom. The summed E-state index contributed by atoms with van der Waals surface area (Å²) in [6.07, 6.45) is 2.11. The maximum absolute atomic E-state index is 5.18. The normalized spacial score (nSPS) is 10.3. The van der Waals surface area contributed by atoms with E-state index in [9.17, 15) is 0 Å². The van der Waals surface area contributed by atoms with Crippen molar-refractivity contribution in [2.24, 2.45) is 0 Å². The highest BCUT2D eigenvalue weighted by Crippen LogP contribution is 2.22. The fourth-order valence-electron chi connectivity index (χ4n) is 1.21. The first-order valence-electron chi connectivity index (χ1n) is 4.80. The van der Waals surface area contributed by atoms with E-state index in [1.165, 1.54) is 5.56 Å². The van der Waals surface area contributed by atoms with Gasteiger partial charge in [0.2, 0.25) is 0 Å². The van der Waals surface area contributed by atoms with Crippen molar-refractivity contribution in [2.45, 2.75) is 6.54 Å². The van der Waals surface area contributed by atoms with Crippen LogP contribution in [0.2, 0.25) is 0 Å². The minimum atomic E-state index is 0.873. The highest BCUT2D eigenvalue weighted by atomic mass is 79.9. The van der Waals surface area contributed by atoms with E-state index in [-0.39, 0.29) is 0 Å². The van der Waals surface area contributed by atoms with Crippen LogP contribution in [0.4, 0.5) is 0 Å². The Hall–Kier alpha value is -0.190. The Morgan fingerprint density at radius 1 is 1.47 bits per heavy atom. The minimum Gasteiger partial charge on any atom is -0.497 e. The maximum Gasteiger partial charge on any atom is 0.119 e. The number of ether oxygens (including phenoxy) is 1. The van der Waals surface area contributed by atoms with Gasteiger partial charge in [-0.05, 0) is 30.0 Å². The molecule has 0 radical (unpaired) electrons. The maximum atomic E-state index is 5.18. The van der Waals surface area contributed by atoms with Gasteiger partial charge < -0.3 is 10.1 Å². The van der Waals surface area contributed by atoms with Crippen molar-refractivity contribution < 1.29 is 4.74 Å². The van der Waals surface area contributed by atoms with E-state index in [2.05, 4.69) is 33.6 Å². The second kappa shape index (κ2) is 7.14. The molecule has 2 nitrogen and oxygen atoms in total. The standard InChI is InChI=1S/C11H16BrNOS/c1-14-10-3-4-11(12)9(7-10)8-13-5-6-15-2/h3-4,7,13H,5-6,8H2,1-2H3. The van der Waals surface area contributed by atoms with Crippen molar-refractivity contribution in [2.75, 3.05) is 25.7 Å². The van der Waals surface area contributed by atoms with Crippen molar-refractivity contribution in [3.63, 3.8) is 0 Å². The van der Waals surface area contributed by atoms with Crippen LogP contribution in [0.3, 0.4) is 0 Å². The Balaban J connectivity index is 2.51. The monoisotopic (exact) mass is 289 g/mol. The molecule has 0 atom stereocenters. The number of benzene rings is 1. The van der Waals surface area contributed by atoms with Gasteiger partial charge in [0.05, 0.1) is 7.11 Å². The largest absolute Gasteiger partial charge is 0.497 e. The molecule has 0 bridgehead atoms. The lowest BCUT2D eigenvalue weighted by molar-refractivity contribution is 0.414. The number of hydrogen-bond donors (Lipinski definition) is 1. The summed E-state index contributed by atoms with van der Waals surface area (Å²) in [5.41, 5.74) is 1.23. The molecule has 0 aromatic heterocycles. The zero-order valence-corrected chi connectivity index (χ0v) is 11.5. The Labute approximate surface area is 104 Å². The van der Waals surface area contributed by atoms with Crippen LogP contribution in [-0.4, -0.2) is 25.7 Å². The third kappa shape index (κ3) is 4.45. The van der Waals surface area contributed by atoms with Gasteiger partial charge in [-0.1, -0.05) is 15.9 Å². The van der Waals surface area contributed by atoms with Crippen LogP contribution in [0.15, 0.2) is 22.7 Å². The molecule has 0 aliphatic rings. The van der Waals surface area contributed by atoms with Crippen LogP contribution in [0, 0.1) is 0 Å². The minimum absolute atomic E-state index is 0.873. The molecule has 1 aromatic carbocycles. The van der Waals surface area contributed by atoms with Crippen LogP contribution < -0.4 is 10.1 Å². The summed E-state index contributed by atoms with van der Waals surface area (Å²) in [7, 11) is 1.69. The third-order valence-corrected chi connectivity index (χ3v) is 3.44. The summed E-state index contributed by atoms with van der Waals surface area (Å²) in [6.45, 7) is 1.91. The van der Waals surface area contributed by atoms with Gasteiger partial charge in [0.1, 0.15) is 5.75 Å². The molecule has 1 N–H and O–H groups in total. The zero-order chi connectivity index (χ0) is 11.1. The second-order valence-corrected chi connectivity index (χ2v) is 4.97. The van der Waals surface area contributed by atoms with Gasteiger partial charge in [-0.25, -0.2) is 0 Å². The van der Waals surface area contributed by atoms with Gasteiger partial charge in [0.25, 0.3) is 0 Å². The summed E-state index contributed by atoms with van der Waals surface area (Å²) < 4.78 is 6.31. The molecule has 0 heterocycles. The Bertz CT molecular complexity index is 307. The lowest BCUT2D eigenvalue weighted by atomic mass is 10.2. The van der Waals surface area contributed by atoms with Gasteiger partial charge in [-0.2, -0.15) is 11.8 Å². The van der Waals surface area contributed by atoms with Crippen molar-refractivity contribution in [1.82, 2.24) is 5.32 Å². The van der Waals surface area contributed by atoms with E-state index < -0.39 is 0 Å². The first-order valence-corrected chi connectivity index (χ1v) is 6.98. The predicted octanol–water partition coefficient (Wildman–Crippen LogP) is 2.91. The van der Waals surface area contributed by atoms with E-state index in [0.29, 0.717) is 0 Å². The van der Waals surface area contributed by atoms with Gasteiger partial charge in [-0.15, -0.1) is 0 Å². The molecule has 0 saturated carbocycles. The molecule has 0 amide bonds. The summed E-state index contributed by atoms with van der Waals surface area (Å²) in [4.78, 5) is 0. The zero-order valence-electron chi connectivity index (χ0n) is 9.05. The fraction of sp³-hybridized carbons (Fsp3) is 0.455. The Morgan fingerprint density at radius 3 is 2.93 bits per heavy atom. The van der Waals surface area contributed by atoms with Crippen molar-refractivity contribution in [1.29, 1.82) is 0 Å². The van der Waals surface area contributed by atoms with Crippen molar-refractivity contribution in [3.8, 4) is 5.75 Å². The SMILES string of the molecule is COc1ccc(Br)c(CNCCSC)c1. The van der Waals surface area contributed by atoms with Crippen LogP contribution in [0.1, 0.15) is 5.56 Å². The van der Waals surface area contributed by atoms with Crippen LogP contribution in [0.25, 0.3) is 0 Å². The van der Waals surface area contributed by atoms with Crippen LogP contribution in [0.5, 0.6) is 5.75 Å². The van der Waals surface area contributed by atoms with Gasteiger partial charge in [0.15, 0.2) is 0 Å². The molecular weight excluding hydrogens is 274 g/mol. The first kappa shape index (κ1) is 12.9. The molecule has 0 unspecified atom stereocenters. The topological polar surface area (TPSA) is 21.3 Å². The number of methoxy groups -OCH3 is 1. The van der Waals surface area contributed by atoms with Crippen molar-refractivity contribution in [3.05, 3.63) is 28.2 Å². The molecule has 1 rings (SSSR count). The molecule has 0 spiro atoms. The number of thioether (sulfide) groups is 1. The first-order chi connectivity index (χ1) is 7.27. The highest BCUT2D eigenvalue weighted by Gasteiger charge is 2.01. The second-order valence-electron chi connectivity index (χ2n) is 3.13. The van der Waals surface area contributed by atoms with Crippen LogP contribution >= 0.6 is 27.7 Å². The molecule has 0 saturated heterocycles. The number of rotatable bonds is 6. The average Bonchev–Trinajstić information content (AvgIpc) is 2.26. The highest BCUT2D eigenvalue weighted by molar-refractivity contribution is 9.10. The Kier molecular flexibility index (Phi) is 6.13. The molecule has 15 heavy (non-hydrogen) atoms. The van der Waals surface area contributed by atoms with Crippen LogP contribution in [-0.2, 0) is 6.54 Å². The summed E-state index contributed by atoms with van der Waals surface area (Å²) in [6, 6.07) is 6.02. The summed E-state index contributed by atoms with van der Waals surface area (Å²) in [5, 5.41) is 3.39. The van der Waals surface area contributed by atoms with E-state index in [1.807, 2.05) is 23.9 Å². The van der Waals surface area contributed by atoms with Crippen molar-refractivity contribution >= 4 is 27.7 Å². The van der Waals surface area contributed by atoms with E-state index >= 15 is 0 Å². The smallest absolute Gasteiger partial charge is 0.119 e. The quantitative estimate of drug-likeness (QED) is 0.814. The van der Waals surface area contributed by atoms with Gasteiger partial charge in [-0.3, -0.25) is 0 Å². The molecular formula is C11H16BrNOS. The number of hydrogen-bond acceptors (Lipinski definition) is 3. The third-order valence-electron chi connectivity index (χ3n) is 2.05. The van der Waals surface area contributed by atoms with E-state index in [0.717, 1.165) is 29.1 Å². The summed E-state index contributed by atoms with van der Waals surface area (Å²) >= 11 is 5.38. The summed E-state index contributed by atoms with van der Waals surface area (Å²) in [5.74, 6) is 2.04. The molecule has 0 fully saturated rings. The number of halogens is 1. The molecule has 1 aromatic rings. The van der Waals surface area contributed by atoms with Gasteiger partial charge >= 0.3 is 0 Å². The lowest BCUT2D eigenvalue weighted by Crippen LogP contribution is -2.16. The number of nitrogens with one attached hydrogen (secondary N) is 1. The molecule has 4 heteroatoms. The fourth-order valence-corrected chi connectivity index (χ4v) is 1.95.